The quantitative estimate of drug-likeness (QED) is 0.583. The average Bonchev–Trinajstić information content (AvgIpc) is 2.19. The summed E-state index contributed by atoms with van der Waals surface area (Å²) in [5.41, 5.74) is 0. The van der Waals surface area contributed by atoms with E-state index in [2.05, 4.69) is 13.8 Å². The molecule has 0 amide bonds. The van der Waals surface area contributed by atoms with Crippen LogP contribution in [0.2, 0.25) is 0 Å². The van der Waals surface area contributed by atoms with Crippen LogP contribution in [0.15, 0.2) is 0 Å². The molecule has 0 saturated carbocycles. The summed E-state index contributed by atoms with van der Waals surface area (Å²) in [4.78, 5) is 0. The minimum Gasteiger partial charge on any atom is -0.385 e. The zero-order chi connectivity index (χ0) is 10.1. The molecule has 0 aromatic rings. The first-order valence-electron chi connectivity index (χ1n) is 5.30. The Labute approximate surface area is 82.6 Å². The largest absolute Gasteiger partial charge is 0.385 e. The highest BCUT2D eigenvalue weighted by Crippen LogP contribution is 2.18. The topological polar surface area (TPSA) is 18.5 Å². The Morgan fingerprint density at radius 1 is 1.08 bits per heavy atom. The number of ether oxygens (including phenoxy) is 2. The predicted octanol–water partition coefficient (Wildman–Crippen LogP) is 2.86. The smallest absolute Gasteiger partial charge is 0.0595 e. The van der Waals surface area contributed by atoms with Gasteiger partial charge in [0.15, 0.2) is 0 Å². The molecule has 1 unspecified atom stereocenters. The maximum absolute atomic E-state index is 5.41. The van der Waals surface area contributed by atoms with Gasteiger partial charge in [-0.3, -0.25) is 0 Å². The lowest BCUT2D eigenvalue weighted by Gasteiger charge is -2.20. The number of hydrogen-bond acceptors (Lipinski definition) is 2. The molecule has 0 spiro atoms. The standard InChI is InChI=1S/C11H24O2/c1-5-10(6-2)9-11(13-4)7-8-12-3/h10-11H,5-9H2,1-4H3. The highest BCUT2D eigenvalue weighted by Gasteiger charge is 2.12. The number of rotatable bonds is 8. The molecular formula is C11H24O2. The molecule has 2 heteroatoms. The second-order valence-corrected chi connectivity index (χ2v) is 3.56. The summed E-state index contributed by atoms with van der Waals surface area (Å²) >= 11 is 0. The molecule has 1 atom stereocenters. The van der Waals surface area contributed by atoms with Crippen LogP contribution in [0.3, 0.4) is 0 Å². The molecule has 0 fully saturated rings. The van der Waals surface area contributed by atoms with Crippen LogP contribution in [0.25, 0.3) is 0 Å². The monoisotopic (exact) mass is 188 g/mol. The molecule has 80 valence electrons. The van der Waals surface area contributed by atoms with Crippen LogP contribution in [0, 0.1) is 5.92 Å². The van der Waals surface area contributed by atoms with Crippen molar-refractivity contribution >= 4 is 0 Å². The first-order valence-corrected chi connectivity index (χ1v) is 5.30. The van der Waals surface area contributed by atoms with Gasteiger partial charge in [-0.2, -0.15) is 0 Å². The van der Waals surface area contributed by atoms with Gasteiger partial charge in [-0.25, -0.2) is 0 Å². The Kier molecular flexibility index (Phi) is 8.46. The Hall–Kier alpha value is -0.0800. The van der Waals surface area contributed by atoms with E-state index in [4.69, 9.17) is 9.47 Å². The molecule has 0 bridgehead atoms. The van der Waals surface area contributed by atoms with E-state index in [0.29, 0.717) is 6.10 Å². The maximum atomic E-state index is 5.41. The average molecular weight is 188 g/mol. The van der Waals surface area contributed by atoms with Gasteiger partial charge in [0.25, 0.3) is 0 Å². The van der Waals surface area contributed by atoms with Crippen molar-refractivity contribution in [1.82, 2.24) is 0 Å². The van der Waals surface area contributed by atoms with E-state index in [9.17, 15) is 0 Å². The summed E-state index contributed by atoms with van der Waals surface area (Å²) < 4.78 is 10.4. The van der Waals surface area contributed by atoms with E-state index in [0.717, 1.165) is 18.9 Å². The van der Waals surface area contributed by atoms with Crippen LogP contribution >= 0.6 is 0 Å². The summed E-state index contributed by atoms with van der Waals surface area (Å²) in [7, 11) is 3.53. The molecule has 0 rings (SSSR count). The highest BCUT2D eigenvalue weighted by molar-refractivity contribution is 4.64. The summed E-state index contributed by atoms with van der Waals surface area (Å²) in [5.74, 6) is 0.807. The van der Waals surface area contributed by atoms with Crippen molar-refractivity contribution in [3.05, 3.63) is 0 Å². The minimum absolute atomic E-state index is 0.379. The SMILES string of the molecule is CCC(CC)CC(CCOC)OC. The lowest BCUT2D eigenvalue weighted by Crippen LogP contribution is -2.17. The second-order valence-electron chi connectivity index (χ2n) is 3.56. The number of hydrogen-bond donors (Lipinski definition) is 0. The third-order valence-electron chi connectivity index (χ3n) is 2.73. The van der Waals surface area contributed by atoms with Crippen molar-refractivity contribution in [2.45, 2.75) is 45.6 Å². The van der Waals surface area contributed by atoms with Crippen LogP contribution in [0.5, 0.6) is 0 Å². The lowest BCUT2D eigenvalue weighted by atomic mass is 9.95. The molecule has 2 nitrogen and oxygen atoms in total. The molecular weight excluding hydrogens is 164 g/mol. The first kappa shape index (κ1) is 12.9. The summed E-state index contributed by atoms with van der Waals surface area (Å²) in [5, 5.41) is 0. The molecule has 0 saturated heterocycles. The van der Waals surface area contributed by atoms with Crippen LogP contribution in [0.4, 0.5) is 0 Å². The van der Waals surface area contributed by atoms with Gasteiger partial charge in [-0.15, -0.1) is 0 Å². The van der Waals surface area contributed by atoms with Crippen LogP contribution in [-0.4, -0.2) is 26.9 Å². The van der Waals surface area contributed by atoms with Crippen molar-refractivity contribution in [2.24, 2.45) is 5.92 Å². The zero-order valence-electron chi connectivity index (χ0n) is 9.51. The van der Waals surface area contributed by atoms with Gasteiger partial charge >= 0.3 is 0 Å². The van der Waals surface area contributed by atoms with Gasteiger partial charge in [-0.05, 0) is 18.8 Å². The molecule has 0 aliphatic rings. The molecule has 13 heavy (non-hydrogen) atoms. The maximum Gasteiger partial charge on any atom is 0.0595 e. The van der Waals surface area contributed by atoms with Crippen molar-refractivity contribution in [3.8, 4) is 0 Å². The van der Waals surface area contributed by atoms with Gasteiger partial charge in [0.05, 0.1) is 6.10 Å². The molecule has 0 N–H and O–H groups in total. The van der Waals surface area contributed by atoms with Gasteiger partial charge < -0.3 is 9.47 Å². The fraction of sp³-hybridized carbons (Fsp3) is 1.00. The molecule has 0 aromatic carbocycles. The minimum atomic E-state index is 0.379. The summed E-state index contributed by atoms with van der Waals surface area (Å²) in [6, 6.07) is 0. The zero-order valence-corrected chi connectivity index (χ0v) is 9.51. The first-order chi connectivity index (χ1) is 6.28. The Bertz CT molecular complexity index is 100. The Balaban J connectivity index is 3.67. The van der Waals surface area contributed by atoms with E-state index in [1.54, 1.807) is 14.2 Å². The second kappa shape index (κ2) is 8.52. The summed E-state index contributed by atoms with van der Waals surface area (Å²) in [6.45, 7) is 5.30. The molecule has 0 aliphatic heterocycles. The molecule has 0 radical (unpaired) electrons. The van der Waals surface area contributed by atoms with E-state index in [1.165, 1.54) is 19.3 Å². The van der Waals surface area contributed by atoms with Gasteiger partial charge in [-0.1, -0.05) is 26.7 Å². The predicted molar refractivity (Wildman–Crippen MR) is 56.0 cm³/mol. The Morgan fingerprint density at radius 3 is 2.08 bits per heavy atom. The van der Waals surface area contributed by atoms with Crippen molar-refractivity contribution in [2.75, 3.05) is 20.8 Å². The van der Waals surface area contributed by atoms with Crippen molar-refractivity contribution in [3.63, 3.8) is 0 Å². The van der Waals surface area contributed by atoms with Gasteiger partial charge in [0, 0.05) is 20.8 Å². The van der Waals surface area contributed by atoms with E-state index < -0.39 is 0 Å². The van der Waals surface area contributed by atoms with Crippen LogP contribution < -0.4 is 0 Å². The van der Waals surface area contributed by atoms with E-state index >= 15 is 0 Å². The highest BCUT2D eigenvalue weighted by atomic mass is 16.5. The summed E-state index contributed by atoms with van der Waals surface area (Å²) in [6.07, 6.45) is 5.08. The molecule has 0 aromatic heterocycles. The fourth-order valence-electron chi connectivity index (χ4n) is 1.58. The lowest BCUT2D eigenvalue weighted by molar-refractivity contribution is 0.0483. The Morgan fingerprint density at radius 2 is 1.69 bits per heavy atom. The number of methoxy groups -OCH3 is 2. The third-order valence-corrected chi connectivity index (χ3v) is 2.73. The van der Waals surface area contributed by atoms with E-state index in [1.807, 2.05) is 0 Å². The fourth-order valence-corrected chi connectivity index (χ4v) is 1.58. The molecule has 0 aliphatic carbocycles. The van der Waals surface area contributed by atoms with Gasteiger partial charge in [0.1, 0.15) is 0 Å². The normalized spacial score (nSPS) is 13.6. The van der Waals surface area contributed by atoms with Gasteiger partial charge in [0.2, 0.25) is 0 Å². The van der Waals surface area contributed by atoms with Crippen LogP contribution in [-0.2, 0) is 9.47 Å². The van der Waals surface area contributed by atoms with Crippen LogP contribution in [0.1, 0.15) is 39.5 Å². The van der Waals surface area contributed by atoms with Crippen molar-refractivity contribution in [1.29, 1.82) is 0 Å². The van der Waals surface area contributed by atoms with E-state index in [-0.39, 0.29) is 0 Å². The van der Waals surface area contributed by atoms with Crippen molar-refractivity contribution < 1.29 is 9.47 Å². The molecule has 0 heterocycles. The third kappa shape index (κ3) is 6.05.